The molecule has 2 fully saturated rings. The highest BCUT2D eigenvalue weighted by atomic mass is 32.2. The van der Waals surface area contributed by atoms with E-state index in [0.29, 0.717) is 31.1 Å². The van der Waals surface area contributed by atoms with E-state index in [2.05, 4.69) is 5.32 Å². The molecule has 1 aromatic rings. The Morgan fingerprint density at radius 1 is 1.37 bits per heavy atom. The molecule has 2 saturated heterocycles. The highest BCUT2D eigenvalue weighted by Gasteiger charge is 2.33. The highest BCUT2D eigenvalue weighted by Crippen LogP contribution is 2.28. The number of cyclic esters (lactones) is 1. The Morgan fingerprint density at radius 2 is 2.07 bits per heavy atom. The summed E-state index contributed by atoms with van der Waals surface area (Å²) in [6.45, 7) is 3.75. The van der Waals surface area contributed by atoms with Crippen LogP contribution < -0.4 is 20.3 Å². The summed E-state index contributed by atoms with van der Waals surface area (Å²) < 4.78 is 49.1. The number of anilines is 2. The van der Waals surface area contributed by atoms with Crippen LogP contribution in [0.4, 0.5) is 20.6 Å². The van der Waals surface area contributed by atoms with Crippen molar-refractivity contribution in [1.29, 1.82) is 0 Å². The van der Waals surface area contributed by atoms with Gasteiger partial charge in [0.25, 0.3) is 15.4 Å². The fourth-order valence-electron chi connectivity index (χ4n) is 3.32. The molecule has 166 valence electrons. The number of amides is 1. The Labute approximate surface area is 179 Å². The molecule has 1 amide bonds. The van der Waals surface area contributed by atoms with Gasteiger partial charge in [-0.2, -0.15) is 12.7 Å². The second-order valence-corrected chi connectivity index (χ2v) is 8.70. The minimum absolute atomic E-state index is 0.177. The van der Waals surface area contributed by atoms with Crippen molar-refractivity contribution in [3.05, 3.63) is 24.0 Å². The van der Waals surface area contributed by atoms with Crippen molar-refractivity contribution in [1.82, 2.24) is 9.62 Å². The summed E-state index contributed by atoms with van der Waals surface area (Å²) in [6, 6.07) is 4.47. The van der Waals surface area contributed by atoms with Crippen LogP contribution in [0.15, 0.2) is 18.2 Å². The van der Waals surface area contributed by atoms with Gasteiger partial charge in [-0.05, 0) is 37.3 Å². The number of ether oxygens (including phenoxy) is 2. The summed E-state index contributed by atoms with van der Waals surface area (Å²) in [5, 5.41) is 8.22. The van der Waals surface area contributed by atoms with E-state index < -0.39 is 28.2 Å². The topological polar surface area (TPSA) is 117 Å². The van der Waals surface area contributed by atoms with Gasteiger partial charge in [-0.15, -0.1) is 0 Å². The highest BCUT2D eigenvalue weighted by molar-refractivity contribution is 7.86. The summed E-state index contributed by atoms with van der Waals surface area (Å²) in [5.41, 5.74) is 0.708. The van der Waals surface area contributed by atoms with Crippen molar-refractivity contribution in [2.24, 2.45) is 5.14 Å². The lowest BCUT2D eigenvalue weighted by Gasteiger charge is -2.34. The molecular formula is C17H24FN5O5S2. The molecule has 1 unspecified atom stereocenters. The number of nitrogens with two attached hydrogens (primary N) is 1. The maximum atomic E-state index is 14.8. The molecule has 10 nitrogen and oxygen atoms in total. The molecule has 3 N–H and O–H groups in total. The Balaban J connectivity index is 1.61. The van der Waals surface area contributed by atoms with E-state index in [1.807, 2.05) is 6.92 Å². The maximum absolute atomic E-state index is 14.8. The quantitative estimate of drug-likeness (QED) is 0.584. The van der Waals surface area contributed by atoms with E-state index in [4.69, 9.17) is 26.8 Å². The lowest BCUT2D eigenvalue weighted by atomic mass is 10.2. The van der Waals surface area contributed by atoms with Crippen LogP contribution in [-0.2, 0) is 19.7 Å². The van der Waals surface area contributed by atoms with E-state index >= 15 is 0 Å². The normalized spacial score (nSPS) is 20.2. The molecule has 2 aliphatic heterocycles. The zero-order chi connectivity index (χ0) is 21.9. The van der Waals surface area contributed by atoms with E-state index in [-0.39, 0.29) is 31.4 Å². The van der Waals surface area contributed by atoms with Gasteiger partial charge in [0.15, 0.2) is 0 Å². The Kier molecular flexibility index (Phi) is 6.95. The number of nitrogens with zero attached hydrogens (tertiary/aromatic N) is 3. The first-order valence-corrected chi connectivity index (χ1v) is 11.3. The summed E-state index contributed by atoms with van der Waals surface area (Å²) >= 11 is 4.98. The van der Waals surface area contributed by atoms with Crippen LogP contribution in [0.1, 0.15) is 6.92 Å². The van der Waals surface area contributed by atoms with Gasteiger partial charge in [0.05, 0.1) is 31.1 Å². The first-order chi connectivity index (χ1) is 14.2. The molecule has 1 atom stereocenters. The van der Waals surface area contributed by atoms with Gasteiger partial charge in [0, 0.05) is 26.2 Å². The van der Waals surface area contributed by atoms with Gasteiger partial charge < -0.3 is 19.7 Å². The number of nitrogens with one attached hydrogen (secondary N) is 1. The fraction of sp³-hybridized carbons (Fsp3) is 0.529. The number of rotatable bonds is 6. The maximum Gasteiger partial charge on any atom is 0.414 e. The number of hydrogen-bond donors (Lipinski definition) is 2. The predicted octanol–water partition coefficient (Wildman–Crippen LogP) is 0.387. The molecule has 30 heavy (non-hydrogen) atoms. The SMILES string of the molecule is CCOC(=S)NCC1CN(c2ccc(N3CCN(S(N)(=O)=O)CC3)c(F)c2)C(=O)O1. The van der Waals surface area contributed by atoms with Crippen molar-refractivity contribution in [3.63, 3.8) is 0 Å². The number of benzene rings is 1. The lowest BCUT2D eigenvalue weighted by molar-refractivity contribution is 0.141. The van der Waals surface area contributed by atoms with Gasteiger partial charge in [0.1, 0.15) is 11.9 Å². The third kappa shape index (κ3) is 5.28. The van der Waals surface area contributed by atoms with Gasteiger partial charge in [0.2, 0.25) is 0 Å². The summed E-state index contributed by atoms with van der Waals surface area (Å²) in [6.07, 6.45) is -1.03. The molecule has 2 aliphatic rings. The van der Waals surface area contributed by atoms with Gasteiger partial charge >= 0.3 is 6.09 Å². The summed E-state index contributed by atoms with van der Waals surface area (Å²) in [5.74, 6) is -0.511. The second-order valence-electron chi connectivity index (χ2n) is 6.78. The summed E-state index contributed by atoms with van der Waals surface area (Å²) in [4.78, 5) is 15.3. The Bertz CT molecular complexity index is 908. The number of hydrogen-bond acceptors (Lipinski definition) is 7. The van der Waals surface area contributed by atoms with Crippen molar-refractivity contribution < 1.29 is 27.1 Å². The van der Waals surface area contributed by atoms with Crippen LogP contribution in [0.2, 0.25) is 0 Å². The average Bonchev–Trinajstić information content (AvgIpc) is 3.07. The monoisotopic (exact) mass is 461 g/mol. The Hall–Kier alpha value is -2.22. The van der Waals surface area contributed by atoms with Crippen LogP contribution in [0.3, 0.4) is 0 Å². The largest absolute Gasteiger partial charge is 0.471 e. The molecule has 0 saturated carbocycles. The van der Waals surface area contributed by atoms with Gasteiger partial charge in [-0.25, -0.2) is 14.3 Å². The average molecular weight is 462 g/mol. The molecule has 0 spiro atoms. The molecular weight excluding hydrogens is 437 g/mol. The van der Waals surface area contributed by atoms with Gasteiger partial charge in [-0.1, -0.05) is 0 Å². The second kappa shape index (κ2) is 9.29. The van der Waals surface area contributed by atoms with E-state index in [1.54, 1.807) is 17.0 Å². The molecule has 1 aromatic carbocycles. The van der Waals surface area contributed by atoms with Crippen LogP contribution in [0.5, 0.6) is 0 Å². The molecule has 0 aromatic heterocycles. The zero-order valence-corrected chi connectivity index (χ0v) is 18.0. The van der Waals surface area contributed by atoms with E-state index in [1.165, 1.54) is 11.0 Å². The van der Waals surface area contributed by atoms with Crippen LogP contribution >= 0.6 is 12.2 Å². The summed E-state index contributed by atoms with van der Waals surface area (Å²) in [7, 11) is -3.75. The van der Waals surface area contributed by atoms with E-state index in [9.17, 15) is 17.6 Å². The molecule has 3 rings (SSSR count). The van der Waals surface area contributed by atoms with Crippen molar-refractivity contribution >= 4 is 45.1 Å². The third-order valence-corrected chi connectivity index (χ3v) is 6.15. The third-order valence-electron chi connectivity index (χ3n) is 4.81. The first-order valence-electron chi connectivity index (χ1n) is 9.40. The fourth-order valence-corrected chi connectivity index (χ4v) is 4.20. The van der Waals surface area contributed by atoms with Crippen LogP contribution in [-0.4, -0.2) is 76.0 Å². The molecule has 2 heterocycles. The number of thiocarbonyl (C=S) groups is 1. The van der Waals surface area contributed by atoms with Crippen molar-refractivity contribution in [3.8, 4) is 0 Å². The van der Waals surface area contributed by atoms with E-state index in [0.717, 1.165) is 4.31 Å². The Morgan fingerprint density at radius 3 is 2.67 bits per heavy atom. The van der Waals surface area contributed by atoms with Crippen LogP contribution in [0.25, 0.3) is 0 Å². The minimum Gasteiger partial charge on any atom is -0.471 e. The van der Waals surface area contributed by atoms with Crippen molar-refractivity contribution in [2.75, 3.05) is 55.7 Å². The number of carbonyl (C=O) groups is 1. The zero-order valence-electron chi connectivity index (χ0n) is 16.4. The molecule has 0 bridgehead atoms. The standard InChI is InChI=1S/C17H24FN5O5S2/c1-2-27-16(29)20-10-13-11-23(17(24)28-13)12-3-4-15(14(18)9-12)21-5-7-22(8-6-21)30(19,25)26/h3-4,9,13H,2,5-8,10-11H2,1H3,(H,20,29)(H2,19,25,26). The molecule has 0 aliphatic carbocycles. The molecule has 0 radical (unpaired) electrons. The smallest absolute Gasteiger partial charge is 0.414 e. The van der Waals surface area contributed by atoms with Crippen LogP contribution in [0, 0.1) is 5.82 Å². The molecule has 13 heteroatoms. The number of piperazine rings is 1. The first kappa shape index (κ1) is 22.5. The lowest BCUT2D eigenvalue weighted by Crippen LogP contribution is -2.50. The number of halogens is 1. The predicted molar refractivity (Wildman–Crippen MR) is 113 cm³/mol. The van der Waals surface area contributed by atoms with Crippen molar-refractivity contribution in [2.45, 2.75) is 13.0 Å². The minimum atomic E-state index is -3.75. The number of carbonyl (C=O) groups excluding carboxylic acids is 1. The van der Waals surface area contributed by atoms with Gasteiger partial charge in [-0.3, -0.25) is 4.90 Å².